The van der Waals surface area contributed by atoms with Crippen molar-refractivity contribution >= 4 is 34.8 Å². The Bertz CT molecular complexity index is 516. The number of anilines is 2. The number of hydrogen-bond donors (Lipinski definition) is 2. The first-order valence-corrected chi connectivity index (χ1v) is 7.35. The third kappa shape index (κ3) is 4.93. The van der Waals surface area contributed by atoms with Gasteiger partial charge in [0.25, 0.3) is 5.91 Å². The Kier molecular flexibility index (Phi) is 6.49. The first-order valence-electron chi connectivity index (χ1n) is 6.91. The molecule has 0 bridgehead atoms. The molecule has 1 atom stereocenters. The zero-order valence-electron chi connectivity index (χ0n) is 12.9. The zero-order valence-corrected chi connectivity index (χ0v) is 13.6. The van der Waals surface area contributed by atoms with Crippen molar-refractivity contribution in [2.45, 2.75) is 25.6 Å². The molecule has 2 amide bonds. The zero-order chi connectivity index (χ0) is 16.0. The van der Waals surface area contributed by atoms with Gasteiger partial charge in [-0.3, -0.25) is 9.59 Å². The molecule has 21 heavy (non-hydrogen) atoms. The highest BCUT2D eigenvalue weighted by Gasteiger charge is 2.15. The number of hydrogen-bond acceptors (Lipinski definition) is 3. The summed E-state index contributed by atoms with van der Waals surface area (Å²) in [5, 5.41) is 4.90. The Morgan fingerprint density at radius 2 is 2.00 bits per heavy atom. The first-order chi connectivity index (χ1) is 9.86. The highest BCUT2D eigenvalue weighted by Crippen LogP contribution is 2.23. The molecule has 1 unspecified atom stereocenters. The van der Waals surface area contributed by atoms with Crippen molar-refractivity contribution in [2.24, 2.45) is 0 Å². The van der Waals surface area contributed by atoms with E-state index in [2.05, 4.69) is 10.6 Å². The van der Waals surface area contributed by atoms with Crippen molar-refractivity contribution in [3.8, 4) is 0 Å². The maximum absolute atomic E-state index is 12.2. The predicted octanol–water partition coefficient (Wildman–Crippen LogP) is 2.46. The molecular weight excluding hydrogens is 290 g/mol. The molecule has 1 aromatic rings. The van der Waals surface area contributed by atoms with Gasteiger partial charge < -0.3 is 15.5 Å². The fourth-order valence-electron chi connectivity index (χ4n) is 1.76. The molecule has 6 heteroatoms. The van der Waals surface area contributed by atoms with Crippen LogP contribution in [0.15, 0.2) is 18.2 Å². The van der Waals surface area contributed by atoms with Crippen LogP contribution in [-0.4, -0.2) is 37.8 Å². The van der Waals surface area contributed by atoms with Gasteiger partial charge in [0.15, 0.2) is 0 Å². The number of rotatable bonds is 6. The van der Waals surface area contributed by atoms with Crippen LogP contribution in [0.2, 0.25) is 0 Å². The van der Waals surface area contributed by atoms with Crippen molar-refractivity contribution in [3.63, 3.8) is 0 Å². The minimum Gasteiger partial charge on any atom is -0.377 e. The smallest absolute Gasteiger partial charge is 0.253 e. The van der Waals surface area contributed by atoms with Gasteiger partial charge in [0.05, 0.1) is 5.56 Å². The van der Waals surface area contributed by atoms with Crippen LogP contribution in [0.1, 0.15) is 30.6 Å². The molecule has 116 valence electrons. The molecule has 0 aromatic heterocycles. The second-order valence-electron chi connectivity index (χ2n) is 4.99. The Balaban J connectivity index is 3.06. The SMILES string of the molecule is CCCNC(=O)c1cc(NC(=O)C(C)Cl)ccc1N(C)C. The lowest BCUT2D eigenvalue weighted by atomic mass is 10.1. The second kappa shape index (κ2) is 7.88. The van der Waals surface area contributed by atoms with Gasteiger partial charge in [-0.25, -0.2) is 0 Å². The van der Waals surface area contributed by atoms with Gasteiger partial charge >= 0.3 is 0 Å². The maximum atomic E-state index is 12.2. The second-order valence-corrected chi connectivity index (χ2v) is 5.64. The number of nitrogens with zero attached hydrogens (tertiary/aromatic N) is 1. The Hall–Kier alpha value is -1.75. The van der Waals surface area contributed by atoms with E-state index < -0.39 is 5.38 Å². The summed E-state index contributed by atoms with van der Waals surface area (Å²) in [5.41, 5.74) is 1.87. The van der Waals surface area contributed by atoms with Gasteiger partial charge in [-0.15, -0.1) is 11.6 Å². The molecule has 0 radical (unpaired) electrons. The minimum absolute atomic E-state index is 0.157. The monoisotopic (exact) mass is 311 g/mol. The summed E-state index contributed by atoms with van der Waals surface area (Å²) < 4.78 is 0. The summed E-state index contributed by atoms with van der Waals surface area (Å²) in [5.74, 6) is -0.454. The maximum Gasteiger partial charge on any atom is 0.253 e. The van der Waals surface area contributed by atoms with Crippen LogP contribution < -0.4 is 15.5 Å². The summed E-state index contributed by atoms with van der Waals surface area (Å²) >= 11 is 5.73. The molecule has 0 spiro atoms. The molecule has 0 aliphatic heterocycles. The van der Waals surface area contributed by atoms with Crippen molar-refractivity contribution in [3.05, 3.63) is 23.8 Å². The van der Waals surface area contributed by atoms with Crippen LogP contribution in [0, 0.1) is 0 Å². The lowest BCUT2D eigenvalue weighted by Crippen LogP contribution is -2.27. The first kappa shape index (κ1) is 17.3. The predicted molar refractivity (Wildman–Crippen MR) is 87.3 cm³/mol. The van der Waals surface area contributed by atoms with Crippen LogP contribution in [0.4, 0.5) is 11.4 Å². The van der Waals surface area contributed by atoms with E-state index in [1.54, 1.807) is 25.1 Å². The fourth-order valence-corrected chi connectivity index (χ4v) is 1.82. The van der Waals surface area contributed by atoms with Gasteiger partial charge in [0, 0.05) is 32.0 Å². The molecule has 0 aliphatic rings. The molecule has 5 nitrogen and oxygen atoms in total. The van der Waals surface area contributed by atoms with Crippen LogP contribution in [0.5, 0.6) is 0 Å². The van der Waals surface area contributed by atoms with Crippen LogP contribution in [0.25, 0.3) is 0 Å². The number of carbonyl (C=O) groups excluding carboxylic acids is 2. The van der Waals surface area contributed by atoms with Gasteiger partial charge in [-0.2, -0.15) is 0 Å². The van der Waals surface area contributed by atoms with Gasteiger partial charge in [-0.1, -0.05) is 6.92 Å². The van der Waals surface area contributed by atoms with Gasteiger partial charge in [0.2, 0.25) is 5.91 Å². The van der Waals surface area contributed by atoms with Crippen molar-refractivity contribution in [2.75, 3.05) is 30.9 Å². The van der Waals surface area contributed by atoms with Crippen molar-refractivity contribution in [1.29, 1.82) is 0 Å². The van der Waals surface area contributed by atoms with Crippen molar-refractivity contribution in [1.82, 2.24) is 5.32 Å². The molecule has 1 aromatic carbocycles. The van der Waals surface area contributed by atoms with Crippen molar-refractivity contribution < 1.29 is 9.59 Å². The van der Waals surface area contributed by atoms with Crippen LogP contribution >= 0.6 is 11.6 Å². The summed E-state index contributed by atoms with van der Waals surface area (Å²) in [4.78, 5) is 25.7. The molecule has 0 saturated carbocycles. The standard InChI is InChI=1S/C15H22ClN3O2/c1-5-8-17-15(21)12-9-11(18-14(20)10(2)16)6-7-13(12)19(3)4/h6-7,9-10H,5,8H2,1-4H3,(H,17,21)(H,18,20). The minimum atomic E-state index is -0.629. The van der Waals surface area contributed by atoms with E-state index in [-0.39, 0.29) is 11.8 Å². The normalized spacial score (nSPS) is 11.7. The van der Waals surface area contributed by atoms with E-state index >= 15 is 0 Å². The third-order valence-electron chi connectivity index (χ3n) is 2.89. The van der Waals surface area contributed by atoms with E-state index in [9.17, 15) is 9.59 Å². The summed E-state index contributed by atoms with van der Waals surface area (Å²) in [6, 6.07) is 5.22. The van der Waals surface area contributed by atoms with E-state index in [1.165, 1.54) is 0 Å². The molecule has 1 rings (SSSR count). The van der Waals surface area contributed by atoms with E-state index in [4.69, 9.17) is 11.6 Å². The van der Waals surface area contributed by atoms with E-state index in [0.717, 1.165) is 12.1 Å². The Labute approximate surface area is 130 Å². The lowest BCUT2D eigenvalue weighted by Gasteiger charge is -2.18. The molecule has 0 heterocycles. The quantitative estimate of drug-likeness (QED) is 0.793. The van der Waals surface area contributed by atoms with Gasteiger partial charge in [0.1, 0.15) is 5.38 Å². The van der Waals surface area contributed by atoms with Gasteiger partial charge in [-0.05, 0) is 31.5 Å². The molecule has 0 saturated heterocycles. The van der Waals surface area contributed by atoms with E-state index in [0.29, 0.717) is 17.8 Å². The molecule has 0 fully saturated rings. The number of alkyl halides is 1. The molecule has 0 aliphatic carbocycles. The molecular formula is C15H22ClN3O2. The lowest BCUT2D eigenvalue weighted by molar-refractivity contribution is -0.115. The molecule has 2 N–H and O–H groups in total. The van der Waals surface area contributed by atoms with Crippen LogP contribution in [-0.2, 0) is 4.79 Å². The highest BCUT2D eigenvalue weighted by molar-refractivity contribution is 6.32. The average Bonchev–Trinajstić information content (AvgIpc) is 2.44. The Morgan fingerprint density at radius 1 is 1.33 bits per heavy atom. The third-order valence-corrected chi connectivity index (χ3v) is 3.09. The highest BCUT2D eigenvalue weighted by atomic mass is 35.5. The number of nitrogens with one attached hydrogen (secondary N) is 2. The number of carbonyl (C=O) groups is 2. The summed E-state index contributed by atoms with van der Waals surface area (Å²) in [6.45, 7) is 4.20. The topological polar surface area (TPSA) is 61.4 Å². The Morgan fingerprint density at radius 3 is 2.52 bits per heavy atom. The summed E-state index contributed by atoms with van der Waals surface area (Å²) in [6.07, 6.45) is 0.864. The number of amides is 2. The average molecular weight is 312 g/mol. The fraction of sp³-hybridized carbons (Fsp3) is 0.467. The van der Waals surface area contributed by atoms with Crippen LogP contribution in [0.3, 0.4) is 0 Å². The van der Waals surface area contributed by atoms with E-state index in [1.807, 2.05) is 25.9 Å². The number of halogens is 1. The number of benzene rings is 1. The summed E-state index contributed by atoms with van der Waals surface area (Å²) in [7, 11) is 3.73. The largest absolute Gasteiger partial charge is 0.377 e.